The van der Waals surface area contributed by atoms with Gasteiger partial charge in [-0.15, -0.1) is 0 Å². The minimum atomic E-state index is 0.00581. The summed E-state index contributed by atoms with van der Waals surface area (Å²) in [6.07, 6.45) is 12.0. The number of epoxide rings is 1. The van der Waals surface area contributed by atoms with Crippen molar-refractivity contribution in [2.24, 2.45) is 35.0 Å². The molecule has 21 heavy (non-hydrogen) atoms. The number of aliphatic hydroxyl groups excluding tert-OH is 1. The molecule has 2 heteroatoms. The number of fused-ring (bicyclic) bond motifs is 5. The molecule has 1 saturated heterocycles. The first-order valence-corrected chi connectivity index (χ1v) is 9.43. The van der Waals surface area contributed by atoms with E-state index in [0.717, 1.165) is 49.0 Å². The van der Waals surface area contributed by atoms with E-state index in [1.807, 2.05) is 0 Å². The fraction of sp³-hybridized carbons (Fsp3) is 1.00. The van der Waals surface area contributed by atoms with Crippen molar-refractivity contribution in [3.8, 4) is 0 Å². The Morgan fingerprint density at radius 2 is 1.76 bits per heavy atom. The molecule has 5 rings (SSSR count). The first-order chi connectivity index (χ1) is 10.1. The van der Waals surface area contributed by atoms with Crippen LogP contribution in [0.2, 0.25) is 0 Å². The van der Waals surface area contributed by atoms with Crippen LogP contribution in [0.3, 0.4) is 0 Å². The SMILES string of the molecule is C[C@]12C[C@H]3CC[C@@H]4C[C@@H](O)CCC4C3CC1CC[C@@]21CO1. The molecule has 3 unspecified atom stereocenters. The summed E-state index contributed by atoms with van der Waals surface area (Å²) < 4.78 is 6.00. The second-order valence-electron chi connectivity index (χ2n) is 9.27. The molecule has 4 aliphatic carbocycles. The highest BCUT2D eigenvalue weighted by Gasteiger charge is 2.68. The first-order valence-electron chi connectivity index (χ1n) is 9.43. The molecule has 0 aromatic carbocycles. The maximum absolute atomic E-state index is 10.00. The van der Waals surface area contributed by atoms with Crippen molar-refractivity contribution in [1.82, 2.24) is 0 Å². The van der Waals surface area contributed by atoms with Crippen LogP contribution in [0.5, 0.6) is 0 Å². The molecule has 0 aromatic rings. The van der Waals surface area contributed by atoms with Gasteiger partial charge < -0.3 is 9.84 Å². The highest BCUT2D eigenvalue weighted by Crippen LogP contribution is 2.68. The highest BCUT2D eigenvalue weighted by atomic mass is 16.6. The summed E-state index contributed by atoms with van der Waals surface area (Å²) in [5.74, 6) is 4.64. The van der Waals surface area contributed by atoms with Gasteiger partial charge in [0.15, 0.2) is 0 Å². The second kappa shape index (κ2) is 4.26. The van der Waals surface area contributed by atoms with Crippen molar-refractivity contribution in [3.63, 3.8) is 0 Å². The molecule has 1 heterocycles. The normalized spacial score (nSPS) is 62.0. The molecule has 4 saturated carbocycles. The zero-order chi connectivity index (χ0) is 14.2. The minimum absolute atomic E-state index is 0.00581. The summed E-state index contributed by atoms with van der Waals surface area (Å²) in [6.45, 7) is 3.61. The first kappa shape index (κ1) is 13.4. The molecule has 1 aliphatic heterocycles. The predicted molar refractivity (Wildman–Crippen MR) is 81.8 cm³/mol. The summed E-state index contributed by atoms with van der Waals surface area (Å²) in [6, 6.07) is 0. The molecule has 2 nitrogen and oxygen atoms in total. The Morgan fingerprint density at radius 3 is 2.57 bits per heavy atom. The Bertz CT molecular complexity index is 443. The van der Waals surface area contributed by atoms with Gasteiger partial charge in [-0.05, 0) is 87.4 Å². The van der Waals surface area contributed by atoms with Gasteiger partial charge in [0, 0.05) is 5.41 Å². The quantitative estimate of drug-likeness (QED) is 0.689. The fourth-order valence-electron chi connectivity index (χ4n) is 7.32. The van der Waals surface area contributed by atoms with E-state index in [-0.39, 0.29) is 6.10 Å². The van der Waals surface area contributed by atoms with Gasteiger partial charge >= 0.3 is 0 Å². The summed E-state index contributed by atoms with van der Waals surface area (Å²) in [7, 11) is 0. The lowest BCUT2D eigenvalue weighted by molar-refractivity contribution is -0.0719. The Labute approximate surface area is 128 Å². The number of aliphatic hydroxyl groups is 1. The van der Waals surface area contributed by atoms with Gasteiger partial charge in [-0.2, -0.15) is 0 Å². The minimum Gasteiger partial charge on any atom is -0.393 e. The van der Waals surface area contributed by atoms with Crippen LogP contribution < -0.4 is 0 Å². The monoisotopic (exact) mass is 290 g/mol. The second-order valence-corrected chi connectivity index (χ2v) is 9.27. The summed E-state index contributed by atoms with van der Waals surface area (Å²) >= 11 is 0. The van der Waals surface area contributed by atoms with E-state index in [2.05, 4.69) is 6.92 Å². The Kier molecular flexibility index (Phi) is 2.71. The van der Waals surface area contributed by atoms with Crippen molar-refractivity contribution >= 4 is 0 Å². The van der Waals surface area contributed by atoms with Crippen molar-refractivity contribution in [1.29, 1.82) is 0 Å². The zero-order valence-corrected chi connectivity index (χ0v) is 13.4. The van der Waals surface area contributed by atoms with Crippen molar-refractivity contribution in [2.75, 3.05) is 6.61 Å². The molecule has 0 radical (unpaired) electrons. The molecular formula is C19H30O2. The van der Waals surface area contributed by atoms with E-state index in [0.29, 0.717) is 11.0 Å². The zero-order valence-electron chi connectivity index (χ0n) is 13.4. The molecule has 0 amide bonds. The van der Waals surface area contributed by atoms with Gasteiger partial charge in [-0.3, -0.25) is 0 Å². The van der Waals surface area contributed by atoms with Gasteiger partial charge in [0.1, 0.15) is 0 Å². The predicted octanol–water partition coefficient (Wildman–Crippen LogP) is 3.77. The Balaban J connectivity index is 1.40. The van der Waals surface area contributed by atoms with Gasteiger partial charge in [-0.1, -0.05) is 6.92 Å². The van der Waals surface area contributed by atoms with Crippen LogP contribution in [0.25, 0.3) is 0 Å². The van der Waals surface area contributed by atoms with Crippen molar-refractivity contribution in [3.05, 3.63) is 0 Å². The van der Waals surface area contributed by atoms with Gasteiger partial charge in [0.25, 0.3) is 0 Å². The summed E-state index contributed by atoms with van der Waals surface area (Å²) in [5, 5.41) is 10.00. The molecule has 5 fully saturated rings. The van der Waals surface area contributed by atoms with Crippen LogP contribution in [0, 0.1) is 35.0 Å². The fourth-order valence-corrected chi connectivity index (χ4v) is 7.32. The highest BCUT2D eigenvalue weighted by molar-refractivity contribution is 5.16. The third-order valence-electron chi connectivity index (χ3n) is 8.65. The summed E-state index contributed by atoms with van der Waals surface area (Å²) in [5.41, 5.74) is 0.803. The molecule has 118 valence electrons. The molecular weight excluding hydrogens is 260 g/mol. The third-order valence-corrected chi connectivity index (χ3v) is 8.65. The molecule has 1 N–H and O–H groups in total. The molecule has 5 aliphatic rings. The number of rotatable bonds is 0. The largest absolute Gasteiger partial charge is 0.393 e. The van der Waals surface area contributed by atoms with E-state index in [4.69, 9.17) is 4.74 Å². The van der Waals surface area contributed by atoms with Crippen LogP contribution in [0.1, 0.15) is 64.7 Å². The standard InChI is InChI=1S/C19H30O2/c1-18-10-13-3-2-12-8-15(20)4-5-16(12)17(13)9-14(18)6-7-19(18)11-21-19/h12-17,20H,2-11H2,1H3/t12-,13-,14?,15+,16?,17?,18+,19-/m1/s1. The number of hydrogen-bond acceptors (Lipinski definition) is 2. The topological polar surface area (TPSA) is 32.8 Å². The van der Waals surface area contributed by atoms with Gasteiger partial charge in [0.05, 0.1) is 18.3 Å². The van der Waals surface area contributed by atoms with Crippen LogP contribution in [0.15, 0.2) is 0 Å². The van der Waals surface area contributed by atoms with E-state index < -0.39 is 0 Å². The Hall–Kier alpha value is -0.0800. The van der Waals surface area contributed by atoms with Crippen LogP contribution in [0.4, 0.5) is 0 Å². The maximum Gasteiger partial charge on any atom is 0.0972 e. The maximum atomic E-state index is 10.00. The van der Waals surface area contributed by atoms with Crippen LogP contribution in [-0.4, -0.2) is 23.4 Å². The third kappa shape index (κ3) is 1.72. The lowest BCUT2D eigenvalue weighted by atomic mass is 9.50. The van der Waals surface area contributed by atoms with E-state index >= 15 is 0 Å². The lowest BCUT2D eigenvalue weighted by Gasteiger charge is -2.55. The molecule has 1 spiro atoms. The van der Waals surface area contributed by atoms with Crippen LogP contribution in [-0.2, 0) is 4.74 Å². The van der Waals surface area contributed by atoms with Crippen molar-refractivity contribution in [2.45, 2.75) is 76.4 Å². The van der Waals surface area contributed by atoms with Gasteiger partial charge in [-0.25, -0.2) is 0 Å². The smallest absolute Gasteiger partial charge is 0.0972 e. The average Bonchev–Trinajstić information content (AvgIpc) is 3.20. The van der Waals surface area contributed by atoms with E-state index in [1.54, 1.807) is 0 Å². The van der Waals surface area contributed by atoms with Crippen LogP contribution >= 0.6 is 0 Å². The number of hydrogen-bond donors (Lipinski definition) is 1. The Morgan fingerprint density at radius 1 is 0.952 bits per heavy atom. The number of ether oxygens (including phenoxy) is 1. The summed E-state index contributed by atoms with van der Waals surface area (Å²) in [4.78, 5) is 0. The molecule has 8 atom stereocenters. The van der Waals surface area contributed by atoms with Gasteiger partial charge in [0.2, 0.25) is 0 Å². The molecule has 0 bridgehead atoms. The lowest BCUT2D eigenvalue weighted by Crippen LogP contribution is -2.49. The average molecular weight is 290 g/mol. The van der Waals surface area contributed by atoms with E-state index in [1.165, 1.54) is 44.9 Å². The van der Waals surface area contributed by atoms with Crippen molar-refractivity contribution < 1.29 is 9.84 Å². The molecule has 0 aromatic heterocycles. The van der Waals surface area contributed by atoms with E-state index in [9.17, 15) is 5.11 Å².